The van der Waals surface area contributed by atoms with Gasteiger partial charge >= 0.3 is 0 Å². The van der Waals surface area contributed by atoms with Gasteiger partial charge in [-0.15, -0.1) is 0 Å². The highest BCUT2D eigenvalue weighted by atomic mass is 19.1. The molecule has 0 radical (unpaired) electrons. The van der Waals surface area contributed by atoms with Crippen LogP contribution in [0.25, 0.3) is 0 Å². The SMILES string of the molecule is Cc1cc([C@H](C)F)c(CN)cc1[C@@H](C)F. The van der Waals surface area contributed by atoms with Gasteiger partial charge in [0.2, 0.25) is 0 Å². The lowest BCUT2D eigenvalue weighted by molar-refractivity contribution is 0.365. The Hall–Kier alpha value is -0.960. The zero-order chi connectivity index (χ0) is 11.6. The molecule has 2 atom stereocenters. The fraction of sp³-hybridized carbons (Fsp3) is 0.500. The zero-order valence-corrected chi connectivity index (χ0v) is 9.35. The molecule has 3 heteroatoms. The van der Waals surface area contributed by atoms with Crippen molar-refractivity contribution in [2.24, 2.45) is 5.73 Å². The smallest absolute Gasteiger partial charge is 0.123 e. The van der Waals surface area contributed by atoms with E-state index in [1.807, 2.05) is 0 Å². The van der Waals surface area contributed by atoms with Crippen LogP contribution in [-0.2, 0) is 6.54 Å². The van der Waals surface area contributed by atoms with E-state index >= 15 is 0 Å². The molecule has 1 aromatic rings. The van der Waals surface area contributed by atoms with E-state index in [1.165, 1.54) is 13.8 Å². The van der Waals surface area contributed by atoms with E-state index in [-0.39, 0.29) is 6.54 Å². The maximum atomic E-state index is 13.2. The van der Waals surface area contributed by atoms with E-state index in [0.29, 0.717) is 16.7 Å². The highest BCUT2D eigenvalue weighted by Gasteiger charge is 2.14. The van der Waals surface area contributed by atoms with Crippen LogP contribution in [0.2, 0.25) is 0 Å². The Morgan fingerprint density at radius 3 is 2.07 bits per heavy atom. The average molecular weight is 213 g/mol. The first-order chi connectivity index (χ1) is 6.97. The Kier molecular flexibility index (Phi) is 3.80. The van der Waals surface area contributed by atoms with Crippen molar-refractivity contribution >= 4 is 0 Å². The summed E-state index contributed by atoms with van der Waals surface area (Å²) in [6, 6.07) is 3.36. The van der Waals surface area contributed by atoms with Crippen LogP contribution in [0.4, 0.5) is 8.78 Å². The van der Waals surface area contributed by atoms with Crippen molar-refractivity contribution in [2.75, 3.05) is 0 Å². The molecule has 0 aliphatic carbocycles. The molecule has 0 aliphatic rings. The normalized spacial score (nSPS) is 15.1. The second-order valence-corrected chi connectivity index (χ2v) is 3.84. The molecule has 1 nitrogen and oxygen atoms in total. The molecule has 0 spiro atoms. The van der Waals surface area contributed by atoms with Crippen LogP contribution in [0.15, 0.2) is 12.1 Å². The monoisotopic (exact) mass is 213 g/mol. The van der Waals surface area contributed by atoms with Crippen molar-refractivity contribution in [1.82, 2.24) is 0 Å². The van der Waals surface area contributed by atoms with Gasteiger partial charge < -0.3 is 5.73 Å². The van der Waals surface area contributed by atoms with Crippen LogP contribution in [0.3, 0.4) is 0 Å². The lowest BCUT2D eigenvalue weighted by Gasteiger charge is -2.15. The number of aryl methyl sites for hydroxylation is 1. The maximum Gasteiger partial charge on any atom is 0.123 e. The summed E-state index contributed by atoms with van der Waals surface area (Å²) in [7, 11) is 0. The Morgan fingerprint density at radius 2 is 1.67 bits per heavy atom. The zero-order valence-electron chi connectivity index (χ0n) is 9.35. The van der Waals surface area contributed by atoms with Gasteiger partial charge in [0.05, 0.1) is 0 Å². The molecule has 0 aliphatic heterocycles. The van der Waals surface area contributed by atoms with Crippen molar-refractivity contribution in [3.63, 3.8) is 0 Å². The minimum absolute atomic E-state index is 0.240. The van der Waals surface area contributed by atoms with Crippen LogP contribution >= 0.6 is 0 Å². The fourth-order valence-electron chi connectivity index (χ4n) is 1.77. The molecule has 0 aromatic heterocycles. The number of hydrogen-bond acceptors (Lipinski definition) is 1. The van der Waals surface area contributed by atoms with Gasteiger partial charge in [0, 0.05) is 6.54 Å². The molecule has 2 N–H and O–H groups in total. The van der Waals surface area contributed by atoms with Gasteiger partial charge in [-0.25, -0.2) is 8.78 Å². The molecular weight excluding hydrogens is 196 g/mol. The minimum Gasteiger partial charge on any atom is -0.326 e. The molecule has 1 aromatic carbocycles. The third-order valence-electron chi connectivity index (χ3n) is 2.60. The van der Waals surface area contributed by atoms with Gasteiger partial charge in [-0.3, -0.25) is 0 Å². The summed E-state index contributed by atoms with van der Waals surface area (Å²) in [5, 5.41) is 0. The number of hydrogen-bond donors (Lipinski definition) is 1. The molecule has 0 amide bonds. The summed E-state index contributed by atoms with van der Waals surface area (Å²) in [5.41, 5.74) is 8.15. The summed E-state index contributed by atoms with van der Waals surface area (Å²) in [6.45, 7) is 4.97. The van der Waals surface area contributed by atoms with Crippen LogP contribution < -0.4 is 5.73 Å². The summed E-state index contributed by atoms with van der Waals surface area (Å²) in [4.78, 5) is 0. The second kappa shape index (κ2) is 4.71. The van der Waals surface area contributed by atoms with Crippen molar-refractivity contribution in [2.45, 2.75) is 39.7 Å². The Bertz CT molecular complexity index is 346. The third-order valence-corrected chi connectivity index (χ3v) is 2.60. The summed E-state index contributed by atoms with van der Waals surface area (Å²) >= 11 is 0. The highest BCUT2D eigenvalue weighted by Crippen LogP contribution is 2.28. The molecule has 0 saturated heterocycles. The first kappa shape index (κ1) is 12.1. The Balaban J connectivity index is 3.29. The van der Waals surface area contributed by atoms with Crippen LogP contribution in [0, 0.1) is 6.92 Å². The number of rotatable bonds is 3. The van der Waals surface area contributed by atoms with Crippen molar-refractivity contribution < 1.29 is 8.78 Å². The van der Waals surface area contributed by atoms with Gasteiger partial charge in [0.25, 0.3) is 0 Å². The van der Waals surface area contributed by atoms with Crippen LogP contribution in [0.1, 0.15) is 48.4 Å². The Labute approximate surface area is 89.3 Å². The molecule has 0 saturated carbocycles. The lowest BCUT2D eigenvalue weighted by atomic mass is 9.95. The van der Waals surface area contributed by atoms with E-state index in [1.54, 1.807) is 19.1 Å². The predicted molar refractivity (Wildman–Crippen MR) is 58.1 cm³/mol. The molecule has 0 unspecified atom stereocenters. The van der Waals surface area contributed by atoms with Crippen molar-refractivity contribution in [1.29, 1.82) is 0 Å². The lowest BCUT2D eigenvalue weighted by Crippen LogP contribution is -2.05. The van der Waals surface area contributed by atoms with Crippen LogP contribution in [0.5, 0.6) is 0 Å². The van der Waals surface area contributed by atoms with E-state index in [4.69, 9.17) is 5.73 Å². The van der Waals surface area contributed by atoms with Crippen molar-refractivity contribution in [3.8, 4) is 0 Å². The first-order valence-electron chi connectivity index (χ1n) is 5.08. The van der Waals surface area contributed by atoms with E-state index < -0.39 is 12.3 Å². The molecule has 0 bridgehead atoms. The second-order valence-electron chi connectivity index (χ2n) is 3.84. The van der Waals surface area contributed by atoms with Gasteiger partial charge in [-0.1, -0.05) is 12.1 Å². The number of benzene rings is 1. The van der Waals surface area contributed by atoms with E-state index in [0.717, 1.165) is 5.56 Å². The average Bonchev–Trinajstić information content (AvgIpc) is 2.16. The predicted octanol–water partition coefficient (Wildman–Crippen LogP) is 3.51. The first-order valence-corrected chi connectivity index (χ1v) is 5.08. The Morgan fingerprint density at radius 1 is 1.13 bits per heavy atom. The summed E-state index contributed by atoms with van der Waals surface area (Å²) < 4.78 is 26.5. The fourth-order valence-corrected chi connectivity index (χ4v) is 1.77. The maximum absolute atomic E-state index is 13.2. The molecule has 0 fully saturated rings. The minimum atomic E-state index is -1.06. The molecule has 1 rings (SSSR count). The number of alkyl halides is 2. The summed E-state index contributed by atoms with van der Waals surface area (Å²) in [6.07, 6.45) is -2.11. The quantitative estimate of drug-likeness (QED) is 0.816. The molecule has 15 heavy (non-hydrogen) atoms. The number of halogens is 2. The number of nitrogens with two attached hydrogens (primary N) is 1. The van der Waals surface area contributed by atoms with Crippen molar-refractivity contribution in [3.05, 3.63) is 34.4 Å². The molecule has 0 heterocycles. The van der Waals surface area contributed by atoms with E-state index in [2.05, 4.69) is 0 Å². The van der Waals surface area contributed by atoms with Gasteiger partial charge in [0.15, 0.2) is 0 Å². The largest absolute Gasteiger partial charge is 0.326 e. The summed E-state index contributed by atoms with van der Waals surface area (Å²) in [5.74, 6) is 0. The molecule has 84 valence electrons. The van der Waals surface area contributed by atoms with Gasteiger partial charge in [0.1, 0.15) is 12.3 Å². The highest BCUT2D eigenvalue weighted by molar-refractivity contribution is 5.39. The van der Waals surface area contributed by atoms with Crippen LogP contribution in [-0.4, -0.2) is 0 Å². The molecular formula is C12H17F2N. The van der Waals surface area contributed by atoms with Gasteiger partial charge in [-0.05, 0) is 43.0 Å². The standard InChI is InChI=1S/C12H17F2N/c1-7-4-12(9(3)14)10(6-15)5-11(7)8(2)13/h4-5,8-9H,6,15H2,1-3H3/t8-,9+/m1/s1. The van der Waals surface area contributed by atoms with E-state index in [9.17, 15) is 8.78 Å². The topological polar surface area (TPSA) is 26.0 Å². The third kappa shape index (κ3) is 2.53. The van der Waals surface area contributed by atoms with Gasteiger partial charge in [-0.2, -0.15) is 0 Å².